The van der Waals surface area contributed by atoms with Crippen LogP contribution in [0.2, 0.25) is 0 Å². The molecule has 0 aliphatic rings. The quantitative estimate of drug-likeness (QED) is 0.776. The van der Waals surface area contributed by atoms with Crippen LogP contribution in [0.25, 0.3) is 5.65 Å². The minimum atomic E-state index is 0.724. The number of methoxy groups -OCH3 is 1. The second kappa shape index (κ2) is 4.97. The van der Waals surface area contributed by atoms with Crippen molar-refractivity contribution in [3.8, 4) is 5.75 Å². The second-order valence-electron chi connectivity index (χ2n) is 4.15. The van der Waals surface area contributed by atoms with E-state index in [1.54, 1.807) is 17.8 Å². The number of rotatable bonds is 4. The van der Waals surface area contributed by atoms with E-state index in [1.807, 2.05) is 42.6 Å². The average molecular weight is 254 g/mol. The molecule has 0 unspecified atom stereocenters. The summed E-state index contributed by atoms with van der Waals surface area (Å²) in [4.78, 5) is 4.45. The summed E-state index contributed by atoms with van der Waals surface area (Å²) in [6, 6.07) is 11.7. The van der Waals surface area contributed by atoms with E-state index in [9.17, 15) is 0 Å². The molecular formula is C14H14N4O. The lowest BCUT2D eigenvalue weighted by Gasteiger charge is -2.06. The molecule has 2 aromatic heterocycles. The molecule has 3 aromatic rings. The first-order valence-electron chi connectivity index (χ1n) is 6.02. The van der Waals surface area contributed by atoms with Crippen molar-refractivity contribution in [1.29, 1.82) is 0 Å². The minimum Gasteiger partial charge on any atom is -0.497 e. The highest BCUT2D eigenvalue weighted by Crippen LogP contribution is 2.13. The molecule has 19 heavy (non-hydrogen) atoms. The van der Waals surface area contributed by atoms with Gasteiger partial charge in [0.2, 0.25) is 0 Å². The molecule has 0 fully saturated rings. The SMILES string of the molecule is COc1ccc(CNc2ccn3nccc3n2)cc1. The fourth-order valence-electron chi connectivity index (χ4n) is 1.85. The average Bonchev–Trinajstić information content (AvgIpc) is 2.93. The Balaban J connectivity index is 1.70. The maximum absolute atomic E-state index is 5.13. The Hall–Kier alpha value is -2.56. The Labute approximate surface area is 110 Å². The van der Waals surface area contributed by atoms with Gasteiger partial charge in [-0.1, -0.05) is 12.1 Å². The Morgan fingerprint density at radius 1 is 1.16 bits per heavy atom. The summed E-state index contributed by atoms with van der Waals surface area (Å²) >= 11 is 0. The molecule has 0 saturated carbocycles. The number of hydrogen-bond acceptors (Lipinski definition) is 4. The predicted octanol–water partition coefficient (Wildman–Crippen LogP) is 2.35. The zero-order valence-corrected chi connectivity index (χ0v) is 10.6. The smallest absolute Gasteiger partial charge is 0.157 e. The Morgan fingerprint density at radius 3 is 2.79 bits per heavy atom. The van der Waals surface area contributed by atoms with Crippen LogP contribution >= 0.6 is 0 Å². The maximum Gasteiger partial charge on any atom is 0.157 e. The Morgan fingerprint density at radius 2 is 2.00 bits per heavy atom. The van der Waals surface area contributed by atoms with Gasteiger partial charge in [0, 0.05) is 18.8 Å². The molecule has 5 nitrogen and oxygen atoms in total. The number of fused-ring (bicyclic) bond motifs is 1. The van der Waals surface area contributed by atoms with Crippen molar-refractivity contribution in [1.82, 2.24) is 14.6 Å². The van der Waals surface area contributed by atoms with Gasteiger partial charge in [-0.25, -0.2) is 9.50 Å². The monoisotopic (exact) mass is 254 g/mol. The third-order valence-electron chi connectivity index (χ3n) is 2.89. The zero-order chi connectivity index (χ0) is 13.1. The van der Waals surface area contributed by atoms with Crippen LogP contribution in [0, 0.1) is 0 Å². The van der Waals surface area contributed by atoms with Gasteiger partial charge in [-0.05, 0) is 23.8 Å². The number of nitrogens with one attached hydrogen (secondary N) is 1. The number of aromatic nitrogens is 3. The lowest BCUT2D eigenvalue weighted by molar-refractivity contribution is 0.414. The van der Waals surface area contributed by atoms with Crippen molar-refractivity contribution in [2.75, 3.05) is 12.4 Å². The number of anilines is 1. The van der Waals surface area contributed by atoms with Crippen LogP contribution < -0.4 is 10.1 Å². The molecule has 2 heterocycles. The van der Waals surface area contributed by atoms with Crippen molar-refractivity contribution in [2.45, 2.75) is 6.54 Å². The summed E-state index contributed by atoms with van der Waals surface area (Å²) in [7, 11) is 1.66. The van der Waals surface area contributed by atoms with Crippen molar-refractivity contribution >= 4 is 11.5 Å². The molecule has 96 valence electrons. The van der Waals surface area contributed by atoms with E-state index in [4.69, 9.17) is 4.74 Å². The number of ether oxygens (including phenoxy) is 1. The second-order valence-corrected chi connectivity index (χ2v) is 4.15. The van der Waals surface area contributed by atoms with Crippen molar-refractivity contribution in [2.24, 2.45) is 0 Å². The van der Waals surface area contributed by atoms with Gasteiger partial charge >= 0.3 is 0 Å². The van der Waals surface area contributed by atoms with Gasteiger partial charge in [-0.15, -0.1) is 0 Å². The van der Waals surface area contributed by atoms with Crippen LogP contribution in [0.15, 0.2) is 48.8 Å². The summed E-state index contributed by atoms with van der Waals surface area (Å²) in [5.41, 5.74) is 2.01. The third-order valence-corrected chi connectivity index (χ3v) is 2.89. The van der Waals surface area contributed by atoms with Gasteiger partial charge in [0.15, 0.2) is 5.65 Å². The predicted molar refractivity (Wildman–Crippen MR) is 73.3 cm³/mol. The van der Waals surface area contributed by atoms with E-state index in [1.165, 1.54) is 5.56 Å². The van der Waals surface area contributed by atoms with Crippen LogP contribution in [-0.4, -0.2) is 21.7 Å². The molecule has 0 aliphatic heterocycles. The first-order valence-corrected chi connectivity index (χ1v) is 6.02. The van der Waals surface area contributed by atoms with E-state index in [2.05, 4.69) is 15.4 Å². The first kappa shape index (κ1) is 11.5. The van der Waals surface area contributed by atoms with E-state index in [0.717, 1.165) is 23.8 Å². The largest absolute Gasteiger partial charge is 0.497 e. The zero-order valence-electron chi connectivity index (χ0n) is 10.6. The van der Waals surface area contributed by atoms with Gasteiger partial charge in [0.1, 0.15) is 11.6 Å². The summed E-state index contributed by atoms with van der Waals surface area (Å²) in [6.07, 6.45) is 3.62. The van der Waals surface area contributed by atoms with E-state index >= 15 is 0 Å². The molecule has 1 N–H and O–H groups in total. The Kier molecular flexibility index (Phi) is 3.02. The molecule has 0 saturated heterocycles. The molecule has 1 aromatic carbocycles. The van der Waals surface area contributed by atoms with Crippen LogP contribution in [0.1, 0.15) is 5.56 Å². The number of nitrogens with zero attached hydrogens (tertiary/aromatic N) is 3. The highest BCUT2D eigenvalue weighted by atomic mass is 16.5. The first-order chi connectivity index (χ1) is 9.35. The Bertz CT molecular complexity index is 675. The third kappa shape index (κ3) is 2.49. The minimum absolute atomic E-state index is 0.724. The van der Waals surface area contributed by atoms with Crippen LogP contribution in [0.4, 0.5) is 5.82 Å². The summed E-state index contributed by atoms with van der Waals surface area (Å²) in [6.45, 7) is 0.724. The number of benzene rings is 1. The van der Waals surface area contributed by atoms with Crippen LogP contribution in [0.5, 0.6) is 5.75 Å². The van der Waals surface area contributed by atoms with Crippen LogP contribution in [0.3, 0.4) is 0 Å². The molecular weight excluding hydrogens is 240 g/mol. The fraction of sp³-hybridized carbons (Fsp3) is 0.143. The van der Waals surface area contributed by atoms with E-state index in [-0.39, 0.29) is 0 Å². The van der Waals surface area contributed by atoms with E-state index in [0.29, 0.717) is 0 Å². The molecule has 0 bridgehead atoms. The molecule has 3 rings (SSSR count). The molecule has 0 radical (unpaired) electrons. The van der Waals surface area contributed by atoms with Gasteiger partial charge < -0.3 is 10.1 Å². The molecule has 5 heteroatoms. The van der Waals surface area contributed by atoms with Gasteiger partial charge in [0.05, 0.1) is 13.3 Å². The van der Waals surface area contributed by atoms with Crippen molar-refractivity contribution in [3.05, 3.63) is 54.4 Å². The van der Waals surface area contributed by atoms with Crippen LogP contribution in [-0.2, 0) is 6.54 Å². The van der Waals surface area contributed by atoms with Gasteiger partial charge in [-0.3, -0.25) is 0 Å². The van der Waals surface area contributed by atoms with Gasteiger partial charge in [0.25, 0.3) is 0 Å². The highest BCUT2D eigenvalue weighted by Gasteiger charge is 1.99. The van der Waals surface area contributed by atoms with Gasteiger partial charge in [-0.2, -0.15) is 5.10 Å². The lowest BCUT2D eigenvalue weighted by atomic mass is 10.2. The highest BCUT2D eigenvalue weighted by molar-refractivity contribution is 5.45. The lowest BCUT2D eigenvalue weighted by Crippen LogP contribution is -2.02. The number of hydrogen-bond donors (Lipinski definition) is 1. The molecule has 0 aliphatic carbocycles. The maximum atomic E-state index is 5.13. The van der Waals surface area contributed by atoms with Crippen molar-refractivity contribution < 1.29 is 4.74 Å². The van der Waals surface area contributed by atoms with Crippen molar-refractivity contribution in [3.63, 3.8) is 0 Å². The summed E-state index contributed by atoms with van der Waals surface area (Å²) < 4.78 is 6.86. The normalized spacial score (nSPS) is 10.6. The standard InChI is InChI=1S/C14H14N4O/c1-19-12-4-2-11(3-5-12)10-15-13-7-9-18-14(17-13)6-8-16-18/h2-9H,10H2,1H3,(H,15,17). The van der Waals surface area contributed by atoms with E-state index < -0.39 is 0 Å². The fourth-order valence-corrected chi connectivity index (χ4v) is 1.85. The summed E-state index contributed by atoms with van der Waals surface area (Å²) in [5.74, 6) is 1.70. The molecule has 0 atom stereocenters. The molecule has 0 spiro atoms. The molecule has 0 amide bonds. The summed E-state index contributed by atoms with van der Waals surface area (Å²) in [5, 5.41) is 7.40. The topological polar surface area (TPSA) is 51.5 Å².